The van der Waals surface area contributed by atoms with Crippen molar-refractivity contribution in [3.05, 3.63) is 29.8 Å². The van der Waals surface area contributed by atoms with Crippen molar-refractivity contribution in [2.45, 2.75) is 65.0 Å². The van der Waals surface area contributed by atoms with E-state index in [1.807, 2.05) is 45.0 Å². The quantitative estimate of drug-likeness (QED) is 0.868. The Bertz CT molecular complexity index is 600. The second-order valence-corrected chi connectivity index (χ2v) is 7.28. The van der Waals surface area contributed by atoms with Crippen molar-refractivity contribution in [3.8, 4) is 0 Å². The fourth-order valence-electron chi connectivity index (χ4n) is 4.12. The molecular weight excluding hydrogens is 288 g/mol. The van der Waals surface area contributed by atoms with Gasteiger partial charge in [0.2, 0.25) is 11.8 Å². The molecule has 1 aliphatic carbocycles. The largest absolute Gasteiger partial charge is 0.327 e. The second kappa shape index (κ2) is 5.99. The topological polar surface area (TPSA) is 49.4 Å². The SMILES string of the molecule is Cc1ccc(NC(=O)C2N(C(C)C)C(=O)C23CCCCC3)cc1. The highest BCUT2D eigenvalue weighted by atomic mass is 16.2. The normalized spacial score (nSPS) is 23.0. The minimum Gasteiger partial charge on any atom is -0.327 e. The van der Waals surface area contributed by atoms with Crippen molar-refractivity contribution < 1.29 is 9.59 Å². The molecular formula is C19H26N2O2. The van der Waals surface area contributed by atoms with Gasteiger partial charge in [-0.05, 0) is 45.7 Å². The Balaban J connectivity index is 1.82. The minimum atomic E-state index is -0.447. The summed E-state index contributed by atoms with van der Waals surface area (Å²) in [7, 11) is 0. The second-order valence-electron chi connectivity index (χ2n) is 7.28. The lowest BCUT2D eigenvalue weighted by Crippen LogP contribution is -2.74. The van der Waals surface area contributed by atoms with Crippen molar-refractivity contribution in [1.82, 2.24) is 4.90 Å². The maximum absolute atomic E-state index is 12.9. The maximum atomic E-state index is 12.9. The van der Waals surface area contributed by atoms with Crippen molar-refractivity contribution in [2.75, 3.05) is 5.32 Å². The van der Waals surface area contributed by atoms with Crippen molar-refractivity contribution in [2.24, 2.45) is 5.41 Å². The molecule has 1 spiro atoms. The van der Waals surface area contributed by atoms with Crippen LogP contribution in [0.1, 0.15) is 51.5 Å². The molecule has 3 rings (SSSR count). The average molecular weight is 314 g/mol. The predicted octanol–water partition coefficient (Wildman–Crippen LogP) is 3.50. The molecule has 1 aromatic rings. The summed E-state index contributed by atoms with van der Waals surface area (Å²) < 4.78 is 0. The number of hydrogen-bond donors (Lipinski definition) is 1. The van der Waals surface area contributed by atoms with E-state index in [0.717, 1.165) is 36.9 Å². The molecule has 0 radical (unpaired) electrons. The molecule has 1 N–H and O–H groups in total. The summed E-state index contributed by atoms with van der Waals surface area (Å²) in [4.78, 5) is 27.4. The molecule has 1 aliphatic heterocycles. The van der Waals surface area contributed by atoms with E-state index in [1.54, 1.807) is 4.90 Å². The Morgan fingerprint density at radius 2 is 1.78 bits per heavy atom. The van der Waals surface area contributed by atoms with Crippen LogP contribution < -0.4 is 5.32 Å². The molecule has 1 aromatic carbocycles. The Morgan fingerprint density at radius 3 is 2.35 bits per heavy atom. The highest BCUT2D eigenvalue weighted by molar-refractivity contribution is 6.07. The van der Waals surface area contributed by atoms with Gasteiger partial charge < -0.3 is 10.2 Å². The number of β-lactam (4-membered cyclic amide) rings is 1. The zero-order chi connectivity index (χ0) is 16.6. The van der Waals surface area contributed by atoms with Gasteiger partial charge in [-0.15, -0.1) is 0 Å². The Kier molecular flexibility index (Phi) is 4.17. The van der Waals surface area contributed by atoms with Crippen LogP contribution in [0.4, 0.5) is 5.69 Å². The van der Waals surface area contributed by atoms with Gasteiger partial charge in [-0.25, -0.2) is 0 Å². The summed E-state index contributed by atoms with van der Waals surface area (Å²) in [5.41, 5.74) is 1.51. The summed E-state index contributed by atoms with van der Waals surface area (Å²) in [6.07, 6.45) is 4.96. The first-order valence-corrected chi connectivity index (χ1v) is 8.66. The number of likely N-dealkylation sites (tertiary alicyclic amines) is 1. The van der Waals surface area contributed by atoms with Crippen molar-refractivity contribution in [1.29, 1.82) is 0 Å². The highest BCUT2D eigenvalue weighted by Crippen LogP contribution is 2.51. The van der Waals surface area contributed by atoms with E-state index in [1.165, 1.54) is 6.42 Å². The van der Waals surface area contributed by atoms with E-state index in [9.17, 15) is 9.59 Å². The first-order valence-electron chi connectivity index (χ1n) is 8.66. The lowest BCUT2D eigenvalue weighted by molar-refractivity contribution is -0.184. The van der Waals surface area contributed by atoms with Crippen LogP contribution in [0, 0.1) is 12.3 Å². The molecule has 1 heterocycles. The lowest BCUT2D eigenvalue weighted by atomic mass is 9.61. The van der Waals surface area contributed by atoms with Gasteiger partial charge in [0.1, 0.15) is 6.04 Å². The van der Waals surface area contributed by atoms with Gasteiger partial charge in [-0.1, -0.05) is 37.0 Å². The van der Waals surface area contributed by atoms with E-state index >= 15 is 0 Å². The monoisotopic (exact) mass is 314 g/mol. The van der Waals surface area contributed by atoms with E-state index in [2.05, 4.69) is 5.32 Å². The number of benzene rings is 1. The predicted molar refractivity (Wildman–Crippen MR) is 91.1 cm³/mol. The van der Waals surface area contributed by atoms with Crippen LogP contribution in [0.3, 0.4) is 0 Å². The van der Waals surface area contributed by atoms with Gasteiger partial charge in [-0.2, -0.15) is 0 Å². The van der Waals surface area contributed by atoms with Crippen molar-refractivity contribution in [3.63, 3.8) is 0 Å². The van der Waals surface area contributed by atoms with Crippen LogP contribution in [0.25, 0.3) is 0 Å². The Labute approximate surface area is 138 Å². The summed E-state index contributed by atoms with van der Waals surface area (Å²) in [6, 6.07) is 7.54. The van der Waals surface area contributed by atoms with Gasteiger partial charge in [0.15, 0.2) is 0 Å². The molecule has 2 fully saturated rings. The summed E-state index contributed by atoms with van der Waals surface area (Å²) in [5, 5.41) is 3.02. The molecule has 1 saturated carbocycles. The van der Waals surface area contributed by atoms with Crippen LogP contribution in [0.5, 0.6) is 0 Å². The maximum Gasteiger partial charge on any atom is 0.248 e. The number of anilines is 1. The Morgan fingerprint density at radius 1 is 1.17 bits per heavy atom. The highest BCUT2D eigenvalue weighted by Gasteiger charge is 2.63. The number of aryl methyl sites for hydroxylation is 1. The summed E-state index contributed by atoms with van der Waals surface area (Å²) in [6.45, 7) is 5.99. The molecule has 1 unspecified atom stereocenters. The first-order chi connectivity index (χ1) is 11.0. The third kappa shape index (κ3) is 2.64. The molecule has 1 saturated heterocycles. The van der Waals surface area contributed by atoms with Crippen LogP contribution in [-0.4, -0.2) is 28.8 Å². The van der Waals surface area contributed by atoms with Crippen LogP contribution >= 0.6 is 0 Å². The standard InChI is InChI=1S/C19H26N2O2/c1-13(2)21-16(19(18(21)23)11-5-4-6-12-19)17(22)20-15-9-7-14(3)8-10-15/h7-10,13,16H,4-6,11-12H2,1-3H3,(H,20,22). The number of carbonyl (C=O) groups is 2. The average Bonchev–Trinajstić information content (AvgIpc) is 2.54. The fourth-order valence-corrected chi connectivity index (χ4v) is 4.12. The Hall–Kier alpha value is -1.84. The van der Waals surface area contributed by atoms with E-state index in [-0.39, 0.29) is 23.9 Å². The third-order valence-corrected chi connectivity index (χ3v) is 5.33. The first kappa shape index (κ1) is 16.0. The number of hydrogen-bond acceptors (Lipinski definition) is 2. The molecule has 0 bridgehead atoms. The molecule has 23 heavy (non-hydrogen) atoms. The van der Waals surface area contributed by atoms with E-state index < -0.39 is 5.41 Å². The number of nitrogens with one attached hydrogen (secondary N) is 1. The van der Waals surface area contributed by atoms with Crippen LogP contribution in [0.15, 0.2) is 24.3 Å². The van der Waals surface area contributed by atoms with Gasteiger partial charge in [0.05, 0.1) is 5.41 Å². The number of carbonyl (C=O) groups excluding carboxylic acids is 2. The molecule has 2 aliphatic rings. The van der Waals surface area contributed by atoms with Crippen LogP contribution in [0.2, 0.25) is 0 Å². The lowest BCUT2D eigenvalue weighted by Gasteiger charge is -2.58. The van der Waals surface area contributed by atoms with Gasteiger partial charge in [0, 0.05) is 11.7 Å². The smallest absolute Gasteiger partial charge is 0.248 e. The fraction of sp³-hybridized carbons (Fsp3) is 0.579. The molecule has 2 amide bonds. The van der Waals surface area contributed by atoms with Gasteiger partial charge >= 0.3 is 0 Å². The minimum absolute atomic E-state index is 0.0379. The zero-order valence-electron chi connectivity index (χ0n) is 14.3. The van der Waals surface area contributed by atoms with Crippen LogP contribution in [-0.2, 0) is 9.59 Å². The molecule has 4 nitrogen and oxygen atoms in total. The third-order valence-electron chi connectivity index (χ3n) is 5.33. The number of amides is 2. The molecule has 4 heteroatoms. The zero-order valence-corrected chi connectivity index (χ0v) is 14.3. The summed E-state index contributed by atoms with van der Waals surface area (Å²) in [5.74, 6) is 0.139. The number of nitrogens with zero attached hydrogens (tertiary/aromatic N) is 1. The van der Waals surface area contributed by atoms with Crippen molar-refractivity contribution >= 4 is 17.5 Å². The molecule has 124 valence electrons. The van der Waals surface area contributed by atoms with Gasteiger partial charge in [-0.3, -0.25) is 9.59 Å². The van der Waals surface area contributed by atoms with E-state index in [0.29, 0.717) is 0 Å². The molecule has 1 atom stereocenters. The summed E-state index contributed by atoms with van der Waals surface area (Å²) >= 11 is 0. The van der Waals surface area contributed by atoms with E-state index in [4.69, 9.17) is 0 Å². The van der Waals surface area contributed by atoms with Gasteiger partial charge in [0.25, 0.3) is 0 Å². The molecule has 0 aromatic heterocycles. The number of rotatable bonds is 3.